The highest BCUT2D eigenvalue weighted by molar-refractivity contribution is 5.86. The molecule has 0 aliphatic heterocycles. The highest BCUT2D eigenvalue weighted by Gasteiger charge is 2.26. The highest BCUT2D eigenvalue weighted by Crippen LogP contribution is 2.34. The summed E-state index contributed by atoms with van der Waals surface area (Å²) in [6, 6.07) is 0.800. The summed E-state index contributed by atoms with van der Waals surface area (Å²) in [4.78, 5) is 9.50. The smallest absolute Gasteiger partial charge is 0.345 e. The number of nitro groups is 1. The van der Waals surface area contributed by atoms with Gasteiger partial charge in [-0.15, -0.1) is 0 Å². The number of benzene rings is 1. The molecule has 0 radical (unpaired) electrons. The lowest BCUT2D eigenvalue weighted by Gasteiger charge is -1.95. The van der Waals surface area contributed by atoms with Gasteiger partial charge in [-0.25, -0.2) is 9.02 Å². The van der Waals surface area contributed by atoms with Crippen LogP contribution < -0.4 is 0 Å². The number of phenols is 1. The zero-order valence-electron chi connectivity index (χ0n) is 6.47. The zero-order chi connectivity index (χ0) is 10.3. The molecule has 7 nitrogen and oxygen atoms in total. The van der Waals surface area contributed by atoms with Gasteiger partial charge in [-0.3, -0.25) is 10.1 Å². The third-order valence-electron chi connectivity index (χ3n) is 1.63. The van der Waals surface area contributed by atoms with Gasteiger partial charge < -0.3 is 5.11 Å². The Morgan fingerprint density at radius 2 is 2.29 bits per heavy atom. The summed E-state index contributed by atoms with van der Waals surface area (Å²) in [6.07, 6.45) is 0. The molecule has 0 aliphatic rings. The second-order valence-corrected chi connectivity index (χ2v) is 2.44. The Labute approximate surface area is 74.9 Å². The van der Waals surface area contributed by atoms with E-state index in [2.05, 4.69) is 14.9 Å². The van der Waals surface area contributed by atoms with Crippen LogP contribution >= 0.6 is 0 Å². The van der Waals surface area contributed by atoms with Gasteiger partial charge in [0.05, 0.1) is 4.92 Å². The molecule has 1 aromatic heterocycles. The molecule has 0 atom stereocenters. The minimum absolute atomic E-state index is 0.119. The number of rotatable bonds is 1. The summed E-state index contributed by atoms with van der Waals surface area (Å²) in [5.74, 6) is -2.21. The standard InChI is InChI=1S/C6H2FN3O4/c7-2-1-3-4(9-14-8-3)5(6(2)11)10(12)13/h1,11H. The van der Waals surface area contributed by atoms with Crippen LogP contribution in [-0.2, 0) is 0 Å². The van der Waals surface area contributed by atoms with Crippen molar-refractivity contribution in [3.05, 3.63) is 22.0 Å². The van der Waals surface area contributed by atoms with Crippen molar-refractivity contribution in [1.29, 1.82) is 0 Å². The van der Waals surface area contributed by atoms with Crippen molar-refractivity contribution in [2.75, 3.05) is 0 Å². The molecule has 1 aromatic carbocycles. The van der Waals surface area contributed by atoms with Gasteiger partial charge in [0.1, 0.15) is 5.52 Å². The van der Waals surface area contributed by atoms with Crippen molar-refractivity contribution >= 4 is 16.7 Å². The highest BCUT2D eigenvalue weighted by atomic mass is 19.1. The van der Waals surface area contributed by atoms with Gasteiger partial charge in [-0.2, -0.15) is 0 Å². The lowest BCUT2D eigenvalue weighted by Crippen LogP contribution is -1.92. The number of fused-ring (bicyclic) bond motifs is 1. The summed E-state index contributed by atoms with van der Waals surface area (Å²) < 4.78 is 17.1. The number of halogens is 1. The molecule has 2 aromatic rings. The number of nitrogens with zero attached hydrogens (tertiary/aromatic N) is 3. The average Bonchev–Trinajstić information content (AvgIpc) is 2.52. The third-order valence-corrected chi connectivity index (χ3v) is 1.63. The van der Waals surface area contributed by atoms with Crippen LogP contribution in [0.4, 0.5) is 10.1 Å². The lowest BCUT2D eigenvalue weighted by atomic mass is 10.2. The molecule has 0 saturated carbocycles. The van der Waals surface area contributed by atoms with Crippen molar-refractivity contribution in [2.45, 2.75) is 0 Å². The maximum absolute atomic E-state index is 12.9. The Bertz CT molecular complexity index is 523. The minimum Gasteiger partial charge on any atom is -0.500 e. The summed E-state index contributed by atoms with van der Waals surface area (Å²) in [5, 5.41) is 25.9. The molecule has 1 N–H and O–H groups in total. The zero-order valence-corrected chi connectivity index (χ0v) is 6.47. The number of hydrogen-bond acceptors (Lipinski definition) is 6. The van der Waals surface area contributed by atoms with E-state index in [1.807, 2.05) is 0 Å². The quantitative estimate of drug-likeness (QED) is 0.542. The van der Waals surface area contributed by atoms with E-state index in [0.29, 0.717) is 0 Å². The first kappa shape index (κ1) is 8.35. The Balaban J connectivity index is 2.93. The second-order valence-electron chi connectivity index (χ2n) is 2.44. The van der Waals surface area contributed by atoms with E-state index in [1.165, 1.54) is 0 Å². The van der Waals surface area contributed by atoms with Crippen molar-refractivity contribution < 1.29 is 19.0 Å². The largest absolute Gasteiger partial charge is 0.500 e. The molecule has 2 rings (SSSR count). The Morgan fingerprint density at radius 3 is 2.93 bits per heavy atom. The first-order valence-corrected chi connectivity index (χ1v) is 3.39. The van der Waals surface area contributed by atoms with E-state index in [1.54, 1.807) is 0 Å². The Hall–Kier alpha value is -2.25. The molecule has 0 amide bonds. The first-order valence-electron chi connectivity index (χ1n) is 3.39. The van der Waals surface area contributed by atoms with E-state index in [9.17, 15) is 14.5 Å². The fourth-order valence-electron chi connectivity index (χ4n) is 1.04. The monoisotopic (exact) mass is 199 g/mol. The van der Waals surface area contributed by atoms with Gasteiger partial charge >= 0.3 is 5.69 Å². The summed E-state index contributed by atoms with van der Waals surface area (Å²) in [7, 11) is 0. The van der Waals surface area contributed by atoms with Crippen LogP contribution in [0.25, 0.3) is 11.0 Å². The van der Waals surface area contributed by atoms with Crippen LogP contribution in [0.5, 0.6) is 5.75 Å². The normalized spacial score (nSPS) is 10.6. The van der Waals surface area contributed by atoms with E-state index < -0.39 is 22.2 Å². The van der Waals surface area contributed by atoms with E-state index in [0.717, 1.165) is 6.07 Å². The Morgan fingerprint density at radius 1 is 1.57 bits per heavy atom. The van der Waals surface area contributed by atoms with Gasteiger partial charge in [-0.05, 0) is 10.3 Å². The maximum Gasteiger partial charge on any atom is 0.345 e. The van der Waals surface area contributed by atoms with E-state index in [4.69, 9.17) is 5.11 Å². The topological polar surface area (TPSA) is 102 Å². The fourth-order valence-corrected chi connectivity index (χ4v) is 1.04. The molecule has 8 heteroatoms. The number of nitro benzene ring substituents is 1. The average molecular weight is 199 g/mol. The molecule has 0 unspecified atom stereocenters. The second kappa shape index (κ2) is 2.62. The van der Waals surface area contributed by atoms with Gasteiger partial charge in [0.25, 0.3) is 0 Å². The van der Waals surface area contributed by atoms with Crippen LogP contribution in [0.1, 0.15) is 0 Å². The van der Waals surface area contributed by atoms with Crippen LogP contribution in [0.15, 0.2) is 10.7 Å². The van der Waals surface area contributed by atoms with Gasteiger partial charge in [0, 0.05) is 6.07 Å². The maximum atomic E-state index is 12.9. The summed E-state index contributed by atoms with van der Waals surface area (Å²) in [6.45, 7) is 0. The van der Waals surface area contributed by atoms with Gasteiger partial charge in [-0.1, -0.05) is 0 Å². The molecule has 0 aliphatic carbocycles. The van der Waals surface area contributed by atoms with Crippen molar-refractivity contribution in [2.24, 2.45) is 0 Å². The molecular weight excluding hydrogens is 197 g/mol. The van der Waals surface area contributed by atoms with E-state index >= 15 is 0 Å². The van der Waals surface area contributed by atoms with Crippen LogP contribution in [-0.4, -0.2) is 20.3 Å². The van der Waals surface area contributed by atoms with Crippen molar-refractivity contribution in [3.63, 3.8) is 0 Å². The summed E-state index contributed by atoms with van der Waals surface area (Å²) >= 11 is 0. The molecule has 0 bridgehead atoms. The van der Waals surface area contributed by atoms with Gasteiger partial charge in [0.15, 0.2) is 5.82 Å². The number of aromatic hydroxyl groups is 1. The first-order chi connectivity index (χ1) is 6.61. The molecule has 0 saturated heterocycles. The predicted molar refractivity (Wildman–Crippen MR) is 40.1 cm³/mol. The van der Waals surface area contributed by atoms with Crippen LogP contribution in [0.3, 0.4) is 0 Å². The predicted octanol–water partition coefficient (Wildman–Crippen LogP) is 0.976. The fraction of sp³-hybridized carbons (Fsp3) is 0. The third kappa shape index (κ3) is 0.969. The minimum atomic E-state index is -1.14. The SMILES string of the molecule is O=[N+]([O-])c1c(O)c(F)cc2nonc12. The van der Waals surface area contributed by atoms with Crippen molar-refractivity contribution in [3.8, 4) is 5.75 Å². The number of phenolic OH excluding ortho intramolecular Hbond substituents is 1. The molecule has 72 valence electrons. The molecule has 0 spiro atoms. The Kier molecular flexibility index (Phi) is 1.56. The summed E-state index contributed by atoms with van der Waals surface area (Å²) in [5.41, 5.74) is -1.25. The molecule has 0 fully saturated rings. The number of hydrogen-bond donors (Lipinski definition) is 1. The lowest BCUT2D eigenvalue weighted by molar-refractivity contribution is -0.384. The molecule has 1 heterocycles. The van der Waals surface area contributed by atoms with Crippen LogP contribution in [0, 0.1) is 15.9 Å². The molecule has 14 heavy (non-hydrogen) atoms. The van der Waals surface area contributed by atoms with Crippen LogP contribution in [0.2, 0.25) is 0 Å². The van der Waals surface area contributed by atoms with Crippen molar-refractivity contribution in [1.82, 2.24) is 10.3 Å². The van der Waals surface area contributed by atoms with Gasteiger partial charge in [0.2, 0.25) is 11.3 Å². The van der Waals surface area contributed by atoms with E-state index in [-0.39, 0.29) is 11.0 Å². The number of aromatic nitrogens is 2. The molecular formula is C6H2FN3O4.